The zero-order valence-electron chi connectivity index (χ0n) is 23.9. The SMILES string of the molecule is CCCCCCCCCCCCCCCCN1C(=O)C(=O)/C(=C(/O)c2ccc([N+](=O)[O-])cc2)[C@@H]1c1ccccc1. The van der Waals surface area contributed by atoms with Crippen LogP contribution in [0, 0.1) is 10.1 Å². The van der Waals surface area contributed by atoms with Crippen LogP contribution in [0.5, 0.6) is 0 Å². The minimum atomic E-state index is -0.727. The number of likely N-dealkylation sites (tertiary alicyclic amines) is 1. The van der Waals surface area contributed by atoms with Crippen molar-refractivity contribution in [2.75, 3.05) is 6.54 Å². The third-order valence-electron chi connectivity index (χ3n) is 7.76. The molecule has 0 radical (unpaired) electrons. The second-order valence-corrected chi connectivity index (χ2v) is 10.8. The van der Waals surface area contributed by atoms with Gasteiger partial charge in [0.25, 0.3) is 17.4 Å². The van der Waals surface area contributed by atoms with Crippen molar-refractivity contribution in [3.05, 3.63) is 81.4 Å². The van der Waals surface area contributed by atoms with Crippen molar-refractivity contribution in [2.24, 2.45) is 0 Å². The quantitative estimate of drug-likeness (QED) is 0.0502. The zero-order chi connectivity index (χ0) is 28.7. The number of benzene rings is 2. The van der Waals surface area contributed by atoms with Gasteiger partial charge in [-0.15, -0.1) is 0 Å². The molecule has 0 saturated carbocycles. The lowest BCUT2D eigenvalue weighted by molar-refractivity contribution is -0.384. The summed E-state index contributed by atoms with van der Waals surface area (Å²) in [4.78, 5) is 38.3. The number of unbranched alkanes of at least 4 members (excludes halogenated alkanes) is 13. The molecule has 1 fully saturated rings. The second kappa shape index (κ2) is 16.6. The number of ketones is 1. The molecule has 0 aliphatic carbocycles. The van der Waals surface area contributed by atoms with Crippen molar-refractivity contribution in [1.82, 2.24) is 4.90 Å². The van der Waals surface area contributed by atoms with Gasteiger partial charge in [0.15, 0.2) is 0 Å². The minimum absolute atomic E-state index is 0.0235. The number of carbonyl (C=O) groups is 2. The number of aliphatic hydroxyl groups excluding tert-OH is 1. The van der Waals surface area contributed by atoms with Crippen LogP contribution >= 0.6 is 0 Å². The monoisotopic (exact) mass is 548 g/mol. The lowest BCUT2D eigenvalue weighted by Gasteiger charge is -2.25. The van der Waals surface area contributed by atoms with E-state index in [-0.39, 0.29) is 22.6 Å². The van der Waals surface area contributed by atoms with E-state index in [1.54, 1.807) is 4.90 Å². The van der Waals surface area contributed by atoms with Crippen LogP contribution in [0.25, 0.3) is 5.76 Å². The Balaban J connectivity index is 1.53. The molecule has 1 N–H and O–H groups in total. The lowest BCUT2D eigenvalue weighted by atomic mass is 9.95. The summed E-state index contributed by atoms with van der Waals surface area (Å²) in [6, 6.07) is 13.9. The fraction of sp³-hybridized carbons (Fsp3) is 0.515. The number of amides is 1. The number of nitrogens with zero attached hydrogens (tertiary/aromatic N) is 2. The van der Waals surface area contributed by atoms with Crippen molar-refractivity contribution in [3.8, 4) is 0 Å². The number of nitro benzene ring substituents is 1. The number of non-ortho nitro benzene ring substituents is 1. The fourth-order valence-electron chi connectivity index (χ4n) is 5.47. The average molecular weight is 549 g/mol. The van der Waals surface area contributed by atoms with E-state index in [0.29, 0.717) is 6.54 Å². The Bertz CT molecular complexity index is 1130. The van der Waals surface area contributed by atoms with E-state index in [9.17, 15) is 24.8 Å². The predicted molar refractivity (Wildman–Crippen MR) is 159 cm³/mol. The number of carbonyl (C=O) groups excluding carboxylic acids is 2. The largest absolute Gasteiger partial charge is 0.507 e. The van der Waals surface area contributed by atoms with Crippen molar-refractivity contribution >= 4 is 23.1 Å². The van der Waals surface area contributed by atoms with Gasteiger partial charge in [0.2, 0.25) is 0 Å². The molecule has 0 bridgehead atoms. The van der Waals surface area contributed by atoms with Crippen LogP contribution < -0.4 is 0 Å². The van der Waals surface area contributed by atoms with E-state index >= 15 is 0 Å². The van der Waals surface area contributed by atoms with Crippen molar-refractivity contribution in [2.45, 2.75) is 103 Å². The van der Waals surface area contributed by atoms with Crippen LogP contribution in [0.4, 0.5) is 5.69 Å². The molecule has 1 atom stereocenters. The maximum Gasteiger partial charge on any atom is 0.295 e. The van der Waals surface area contributed by atoms with Crippen LogP contribution in [0.3, 0.4) is 0 Å². The summed E-state index contributed by atoms with van der Waals surface area (Å²) in [7, 11) is 0. The van der Waals surface area contributed by atoms with Crippen LogP contribution in [0.2, 0.25) is 0 Å². The molecule has 7 heteroatoms. The predicted octanol–water partition coefficient (Wildman–Crippen LogP) is 8.50. The molecular formula is C33H44N2O5. The first-order valence-corrected chi connectivity index (χ1v) is 15.0. The molecule has 0 spiro atoms. The van der Waals surface area contributed by atoms with Gasteiger partial charge >= 0.3 is 0 Å². The molecule has 2 aromatic carbocycles. The summed E-state index contributed by atoms with van der Waals surface area (Å²) in [5, 5.41) is 22.1. The number of rotatable bonds is 18. The smallest absolute Gasteiger partial charge is 0.295 e. The van der Waals surface area contributed by atoms with E-state index in [1.165, 1.54) is 94.9 Å². The summed E-state index contributed by atoms with van der Waals surface area (Å²) < 4.78 is 0. The van der Waals surface area contributed by atoms with Gasteiger partial charge in [-0.25, -0.2) is 0 Å². The highest BCUT2D eigenvalue weighted by atomic mass is 16.6. The average Bonchev–Trinajstić information content (AvgIpc) is 3.22. The molecule has 3 rings (SSSR count). The number of Topliss-reactive ketones (excluding diaryl/α,β-unsaturated/α-hetero) is 1. The summed E-state index contributed by atoms with van der Waals surface area (Å²) >= 11 is 0. The van der Waals surface area contributed by atoms with E-state index in [2.05, 4.69) is 6.92 Å². The standard InChI is InChI=1S/C33H44N2O5/c1-2-3-4-5-6-7-8-9-10-11-12-13-14-18-25-34-30(26-19-16-15-17-20-26)29(32(37)33(34)38)31(36)27-21-23-28(24-22-27)35(39)40/h15-17,19-24,30,36H,2-14,18,25H2,1H3/b31-29+/t30-/m0/s1. The van der Waals surface area contributed by atoms with E-state index < -0.39 is 22.7 Å². The normalized spacial score (nSPS) is 16.5. The van der Waals surface area contributed by atoms with Gasteiger partial charge in [0.05, 0.1) is 16.5 Å². The van der Waals surface area contributed by atoms with Gasteiger partial charge in [0, 0.05) is 24.2 Å². The summed E-state index contributed by atoms with van der Waals surface area (Å²) in [6.45, 7) is 2.68. The molecule has 216 valence electrons. The number of hydrogen-bond acceptors (Lipinski definition) is 5. The topological polar surface area (TPSA) is 101 Å². The Kier molecular flexibility index (Phi) is 12.9. The molecule has 1 aliphatic rings. The molecule has 40 heavy (non-hydrogen) atoms. The van der Waals surface area contributed by atoms with Gasteiger partial charge < -0.3 is 10.0 Å². The van der Waals surface area contributed by atoms with Crippen LogP contribution in [0.15, 0.2) is 60.2 Å². The Morgan fingerprint density at radius 1 is 0.775 bits per heavy atom. The Morgan fingerprint density at radius 2 is 1.27 bits per heavy atom. The van der Waals surface area contributed by atoms with Gasteiger partial charge in [-0.2, -0.15) is 0 Å². The number of aliphatic hydroxyl groups is 1. The first-order valence-electron chi connectivity index (χ1n) is 15.0. The molecular weight excluding hydrogens is 504 g/mol. The van der Waals surface area contributed by atoms with E-state index in [1.807, 2.05) is 30.3 Å². The van der Waals surface area contributed by atoms with Gasteiger partial charge in [-0.3, -0.25) is 19.7 Å². The maximum absolute atomic E-state index is 13.1. The molecule has 1 amide bonds. The molecule has 7 nitrogen and oxygen atoms in total. The van der Waals surface area contributed by atoms with Crippen molar-refractivity contribution in [3.63, 3.8) is 0 Å². The molecule has 1 heterocycles. The summed E-state index contributed by atoms with van der Waals surface area (Å²) in [6.07, 6.45) is 17.3. The maximum atomic E-state index is 13.1. The highest BCUT2D eigenvalue weighted by Gasteiger charge is 2.45. The van der Waals surface area contributed by atoms with Crippen molar-refractivity contribution in [1.29, 1.82) is 0 Å². The molecule has 1 saturated heterocycles. The highest BCUT2D eigenvalue weighted by molar-refractivity contribution is 6.46. The number of nitro groups is 1. The number of hydrogen-bond donors (Lipinski definition) is 1. The molecule has 1 aliphatic heterocycles. The fourth-order valence-corrected chi connectivity index (χ4v) is 5.47. The minimum Gasteiger partial charge on any atom is -0.507 e. The Hall–Kier alpha value is -3.48. The van der Waals surface area contributed by atoms with Gasteiger partial charge in [-0.1, -0.05) is 121 Å². The second-order valence-electron chi connectivity index (χ2n) is 10.8. The van der Waals surface area contributed by atoms with E-state index in [4.69, 9.17) is 0 Å². The third kappa shape index (κ3) is 8.77. The van der Waals surface area contributed by atoms with Gasteiger partial charge in [0.1, 0.15) is 5.76 Å². The zero-order valence-corrected chi connectivity index (χ0v) is 23.9. The third-order valence-corrected chi connectivity index (χ3v) is 7.76. The Morgan fingerprint density at radius 3 is 1.77 bits per heavy atom. The first-order chi connectivity index (χ1) is 19.5. The summed E-state index contributed by atoms with van der Waals surface area (Å²) in [5.41, 5.74) is 0.918. The molecule has 2 aromatic rings. The lowest BCUT2D eigenvalue weighted by Crippen LogP contribution is -2.30. The van der Waals surface area contributed by atoms with Crippen LogP contribution in [-0.4, -0.2) is 33.2 Å². The van der Waals surface area contributed by atoms with Crippen molar-refractivity contribution < 1.29 is 19.6 Å². The first kappa shape index (κ1) is 31.1. The van der Waals surface area contributed by atoms with Gasteiger partial charge in [-0.05, 0) is 24.1 Å². The highest BCUT2D eigenvalue weighted by Crippen LogP contribution is 2.39. The molecule has 0 unspecified atom stereocenters. The molecule has 0 aromatic heterocycles. The Labute approximate surface area is 238 Å². The van der Waals surface area contributed by atoms with E-state index in [0.717, 1.165) is 24.8 Å². The summed E-state index contributed by atoms with van der Waals surface area (Å²) in [5.74, 6) is -1.66. The van der Waals surface area contributed by atoms with Crippen LogP contribution in [-0.2, 0) is 9.59 Å². The van der Waals surface area contributed by atoms with Crippen LogP contribution in [0.1, 0.15) is 114 Å².